The van der Waals surface area contributed by atoms with Gasteiger partial charge in [0.25, 0.3) is 5.91 Å². The van der Waals surface area contributed by atoms with E-state index < -0.39 is 27.3 Å². The van der Waals surface area contributed by atoms with Gasteiger partial charge in [-0.2, -0.15) is 4.36 Å². The van der Waals surface area contributed by atoms with E-state index in [0.29, 0.717) is 20.5 Å². The lowest BCUT2D eigenvalue weighted by molar-refractivity contribution is 0.0635. The minimum atomic E-state index is -2.88. The van der Waals surface area contributed by atoms with Crippen LogP contribution in [0.3, 0.4) is 0 Å². The van der Waals surface area contributed by atoms with E-state index in [2.05, 4.69) is 31.5 Å². The minimum Gasteiger partial charge on any atom is -0.444 e. The molecule has 2 amide bonds. The first kappa shape index (κ1) is 24.1. The zero-order valence-corrected chi connectivity index (χ0v) is 20.1. The van der Waals surface area contributed by atoms with Gasteiger partial charge in [0, 0.05) is 29.1 Å². The summed E-state index contributed by atoms with van der Waals surface area (Å²) in [5.41, 5.74) is 0.0509. The maximum absolute atomic E-state index is 12.8. The number of anilines is 1. The molecular formula is C23H22N4O4S2. The second-order valence-electron chi connectivity index (χ2n) is 7.88. The normalized spacial score (nSPS) is 12.6. The Morgan fingerprint density at radius 2 is 1.85 bits per heavy atom. The fourth-order valence-electron chi connectivity index (χ4n) is 2.48. The highest BCUT2D eigenvalue weighted by Crippen LogP contribution is 2.19. The van der Waals surface area contributed by atoms with Crippen molar-refractivity contribution in [3.8, 4) is 11.8 Å². The van der Waals surface area contributed by atoms with Crippen molar-refractivity contribution in [1.82, 2.24) is 9.97 Å². The largest absolute Gasteiger partial charge is 0.444 e. The van der Waals surface area contributed by atoms with E-state index >= 15 is 0 Å². The van der Waals surface area contributed by atoms with Gasteiger partial charge in [-0.15, -0.1) is 0 Å². The molecule has 33 heavy (non-hydrogen) atoms. The molecule has 2 aromatic heterocycles. The quantitative estimate of drug-likeness (QED) is 0.547. The first-order valence-corrected chi connectivity index (χ1v) is 12.5. The number of carbonyl (C=O) groups excluding carboxylic acids is 2. The van der Waals surface area contributed by atoms with Gasteiger partial charge in [0.15, 0.2) is 5.13 Å². The summed E-state index contributed by atoms with van der Waals surface area (Å²) in [6.07, 6.45) is 5.20. The van der Waals surface area contributed by atoms with Crippen molar-refractivity contribution in [3.05, 3.63) is 71.0 Å². The summed E-state index contributed by atoms with van der Waals surface area (Å²) in [6, 6.07) is 10.1. The Labute approximate surface area is 196 Å². The number of benzene rings is 1. The van der Waals surface area contributed by atoms with Crippen molar-refractivity contribution in [1.29, 1.82) is 0 Å². The van der Waals surface area contributed by atoms with Gasteiger partial charge in [-0.3, -0.25) is 15.1 Å². The van der Waals surface area contributed by atoms with Crippen LogP contribution in [0, 0.1) is 11.8 Å². The highest BCUT2D eigenvalue weighted by molar-refractivity contribution is 7.93. The first-order chi connectivity index (χ1) is 15.5. The number of carbonyl (C=O) groups is 2. The standard InChI is InChI=1S/C23H22N4O4S2/c1-23(2,3)31-22(29)26-21-25-15-18(32-21)11-10-16-12-17(14-24-13-16)20(28)27-33(4,30)19-8-6-5-7-9-19/h5-9,12-15H,1-4H3,(H,25,26,29). The van der Waals surface area contributed by atoms with Crippen molar-refractivity contribution in [2.45, 2.75) is 31.3 Å². The van der Waals surface area contributed by atoms with Crippen molar-refractivity contribution >= 4 is 38.2 Å². The molecule has 1 atom stereocenters. The fraction of sp³-hybridized carbons (Fsp3) is 0.217. The maximum Gasteiger partial charge on any atom is 0.413 e. The lowest BCUT2D eigenvalue weighted by atomic mass is 10.2. The number of rotatable bonds is 3. The molecule has 10 heteroatoms. The van der Waals surface area contributed by atoms with Crippen LogP contribution >= 0.6 is 11.3 Å². The average molecular weight is 483 g/mol. The summed E-state index contributed by atoms with van der Waals surface area (Å²) in [7, 11) is -2.88. The van der Waals surface area contributed by atoms with Gasteiger partial charge < -0.3 is 4.74 Å². The third-order valence-corrected chi connectivity index (χ3v) is 6.36. The van der Waals surface area contributed by atoms with Crippen molar-refractivity contribution in [2.75, 3.05) is 11.6 Å². The van der Waals surface area contributed by atoms with E-state index in [1.807, 2.05) is 0 Å². The Morgan fingerprint density at radius 1 is 1.12 bits per heavy atom. The Balaban J connectivity index is 1.74. The predicted octanol–water partition coefficient (Wildman–Crippen LogP) is 4.58. The highest BCUT2D eigenvalue weighted by atomic mass is 32.2. The number of pyridine rings is 1. The van der Waals surface area contributed by atoms with Crippen LogP contribution in [0.1, 0.15) is 41.6 Å². The zero-order valence-electron chi connectivity index (χ0n) is 18.5. The van der Waals surface area contributed by atoms with Gasteiger partial charge >= 0.3 is 6.09 Å². The van der Waals surface area contributed by atoms with Crippen molar-refractivity contribution < 1.29 is 18.5 Å². The fourth-order valence-corrected chi connectivity index (χ4v) is 4.32. The van der Waals surface area contributed by atoms with Crippen molar-refractivity contribution in [3.63, 3.8) is 0 Å². The summed E-state index contributed by atoms with van der Waals surface area (Å²) in [5.74, 6) is 5.19. The maximum atomic E-state index is 12.8. The van der Waals surface area contributed by atoms with Gasteiger partial charge in [-0.25, -0.2) is 14.0 Å². The second kappa shape index (κ2) is 9.94. The molecule has 1 aromatic carbocycles. The molecule has 0 saturated carbocycles. The second-order valence-corrected chi connectivity index (χ2v) is 11.2. The summed E-state index contributed by atoms with van der Waals surface area (Å²) in [6.45, 7) is 5.31. The molecule has 0 aliphatic rings. The molecule has 1 unspecified atom stereocenters. The Bertz CT molecular complexity index is 1360. The van der Waals surface area contributed by atoms with E-state index in [1.54, 1.807) is 51.1 Å². The van der Waals surface area contributed by atoms with Crippen LogP contribution in [0.2, 0.25) is 0 Å². The third-order valence-electron chi connectivity index (χ3n) is 3.87. The van der Waals surface area contributed by atoms with Crippen LogP contribution in [-0.2, 0) is 14.5 Å². The van der Waals surface area contributed by atoms with Crippen LogP contribution in [0.25, 0.3) is 0 Å². The van der Waals surface area contributed by atoms with Gasteiger partial charge in [-0.1, -0.05) is 35.5 Å². The Hall–Kier alpha value is -3.55. The first-order valence-electron chi connectivity index (χ1n) is 9.76. The molecule has 0 bridgehead atoms. The molecule has 0 saturated heterocycles. The number of ether oxygens (including phenoxy) is 1. The molecule has 3 aromatic rings. The summed E-state index contributed by atoms with van der Waals surface area (Å²) < 4.78 is 21.9. The molecule has 1 N–H and O–H groups in total. The average Bonchev–Trinajstić information content (AvgIpc) is 3.18. The number of amides is 2. The Kier molecular flexibility index (Phi) is 7.26. The monoisotopic (exact) mass is 482 g/mol. The Morgan fingerprint density at radius 3 is 2.55 bits per heavy atom. The number of thiazole rings is 1. The van der Waals surface area contributed by atoms with E-state index in [9.17, 15) is 13.8 Å². The molecule has 0 radical (unpaired) electrons. The number of hydrogen-bond donors (Lipinski definition) is 1. The lowest BCUT2D eigenvalue weighted by Crippen LogP contribution is -2.27. The SMILES string of the molecule is CC(C)(C)OC(=O)Nc1ncc(C#Cc2cncc(C(=O)N=S(C)(=O)c3ccccc3)c2)s1. The van der Waals surface area contributed by atoms with Gasteiger partial charge in [-0.05, 0) is 44.9 Å². The van der Waals surface area contributed by atoms with Crippen LogP contribution in [0.5, 0.6) is 0 Å². The number of nitrogens with zero attached hydrogens (tertiary/aromatic N) is 3. The summed E-state index contributed by atoms with van der Waals surface area (Å²) in [5, 5.41) is 2.91. The van der Waals surface area contributed by atoms with Crippen molar-refractivity contribution in [2.24, 2.45) is 4.36 Å². The summed E-state index contributed by atoms with van der Waals surface area (Å²) >= 11 is 1.18. The molecule has 3 rings (SSSR count). The minimum absolute atomic E-state index is 0.184. The zero-order chi connectivity index (χ0) is 24.1. The molecule has 0 aliphatic heterocycles. The van der Waals surface area contributed by atoms with Crippen LogP contribution < -0.4 is 5.32 Å². The molecule has 170 valence electrons. The van der Waals surface area contributed by atoms with Gasteiger partial charge in [0.2, 0.25) is 0 Å². The van der Waals surface area contributed by atoms with Crippen LogP contribution in [0.4, 0.5) is 9.93 Å². The van der Waals surface area contributed by atoms with Gasteiger partial charge in [0.1, 0.15) is 5.60 Å². The van der Waals surface area contributed by atoms with E-state index in [0.717, 1.165) is 0 Å². The van der Waals surface area contributed by atoms with Crippen LogP contribution in [-0.4, -0.2) is 38.0 Å². The number of nitrogens with one attached hydrogen (secondary N) is 1. The molecule has 8 nitrogen and oxygen atoms in total. The molecule has 0 fully saturated rings. The van der Waals surface area contributed by atoms with E-state index in [-0.39, 0.29) is 5.56 Å². The smallest absolute Gasteiger partial charge is 0.413 e. The predicted molar refractivity (Wildman–Crippen MR) is 128 cm³/mol. The molecule has 0 spiro atoms. The number of hydrogen-bond acceptors (Lipinski definition) is 7. The van der Waals surface area contributed by atoms with E-state index in [4.69, 9.17) is 4.74 Å². The topological polar surface area (TPSA) is 111 Å². The van der Waals surface area contributed by atoms with Crippen LogP contribution in [0.15, 0.2) is 64.2 Å². The third kappa shape index (κ3) is 7.24. The lowest BCUT2D eigenvalue weighted by Gasteiger charge is -2.18. The summed E-state index contributed by atoms with van der Waals surface area (Å²) in [4.78, 5) is 33.6. The molecular weight excluding hydrogens is 460 g/mol. The molecule has 0 aliphatic carbocycles. The van der Waals surface area contributed by atoms with Gasteiger partial charge in [0.05, 0.1) is 26.4 Å². The van der Waals surface area contributed by atoms with E-state index in [1.165, 1.54) is 42.2 Å². The molecule has 2 heterocycles. The number of aromatic nitrogens is 2. The highest BCUT2D eigenvalue weighted by Gasteiger charge is 2.17.